The fourth-order valence-corrected chi connectivity index (χ4v) is 3.00. The van der Waals surface area contributed by atoms with Crippen molar-refractivity contribution < 1.29 is 14.1 Å². The molecule has 0 spiro atoms. The van der Waals surface area contributed by atoms with Crippen LogP contribution in [0, 0.1) is 6.92 Å². The van der Waals surface area contributed by atoms with Crippen LogP contribution in [-0.4, -0.2) is 34.5 Å². The van der Waals surface area contributed by atoms with E-state index >= 15 is 0 Å². The Morgan fingerprint density at radius 2 is 2.12 bits per heavy atom. The van der Waals surface area contributed by atoms with Crippen LogP contribution >= 0.6 is 0 Å². The molecular formula is C18H21N3O3. The molecule has 1 saturated heterocycles. The third-order valence-corrected chi connectivity index (χ3v) is 4.19. The van der Waals surface area contributed by atoms with E-state index in [1.165, 1.54) is 0 Å². The second-order valence-corrected chi connectivity index (χ2v) is 6.05. The molecular weight excluding hydrogens is 306 g/mol. The summed E-state index contributed by atoms with van der Waals surface area (Å²) in [5.41, 5.74) is 1.65. The van der Waals surface area contributed by atoms with Gasteiger partial charge < -0.3 is 14.7 Å². The Hall–Kier alpha value is -2.63. The quantitative estimate of drug-likeness (QED) is 0.909. The first-order valence-corrected chi connectivity index (χ1v) is 8.17. The van der Waals surface area contributed by atoms with Gasteiger partial charge in [-0.1, -0.05) is 35.5 Å². The second-order valence-electron chi connectivity index (χ2n) is 6.05. The molecule has 1 aromatic heterocycles. The predicted molar refractivity (Wildman–Crippen MR) is 88.0 cm³/mol. The molecule has 0 bridgehead atoms. The molecule has 6 heteroatoms. The molecule has 1 aromatic carbocycles. The Balaban J connectivity index is 1.57. The van der Waals surface area contributed by atoms with Crippen LogP contribution in [0.3, 0.4) is 0 Å². The normalized spacial score (nSPS) is 17.0. The molecule has 2 amide bonds. The molecule has 3 rings (SSSR count). The first kappa shape index (κ1) is 16.2. The Bertz CT molecular complexity index is 711. The fourth-order valence-electron chi connectivity index (χ4n) is 3.00. The van der Waals surface area contributed by atoms with E-state index in [-0.39, 0.29) is 18.2 Å². The summed E-state index contributed by atoms with van der Waals surface area (Å²) in [6, 6.07) is 11.1. The van der Waals surface area contributed by atoms with Gasteiger partial charge in [-0.15, -0.1) is 0 Å². The van der Waals surface area contributed by atoms with Crippen LogP contribution in [0.5, 0.6) is 0 Å². The van der Waals surface area contributed by atoms with Gasteiger partial charge in [0, 0.05) is 19.2 Å². The lowest BCUT2D eigenvalue weighted by Gasteiger charge is -2.23. The highest BCUT2D eigenvalue weighted by molar-refractivity contribution is 5.88. The predicted octanol–water partition coefficient (Wildman–Crippen LogP) is 1.83. The van der Waals surface area contributed by atoms with Gasteiger partial charge in [0.25, 0.3) is 0 Å². The van der Waals surface area contributed by atoms with Gasteiger partial charge in [-0.05, 0) is 25.3 Å². The number of benzene rings is 1. The van der Waals surface area contributed by atoms with E-state index in [2.05, 4.69) is 10.5 Å². The summed E-state index contributed by atoms with van der Waals surface area (Å²) >= 11 is 0. The largest absolute Gasteiger partial charge is 0.361 e. The minimum Gasteiger partial charge on any atom is -0.361 e. The van der Waals surface area contributed by atoms with E-state index < -0.39 is 6.04 Å². The van der Waals surface area contributed by atoms with Crippen LogP contribution in [-0.2, 0) is 22.6 Å². The van der Waals surface area contributed by atoms with Gasteiger partial charge in [0.05, 0.1) is 12.1 Å². The lowest BCUT2D eigenvalue weighted by atomic mass is 10.1. The van der Waals surface area contributed by atoms with Crippen molar-refractivity contribution in [1.82, 2.24) is 15.4 Å². The molecule has 2 heterocycles. The van der Waals surface area contributed by atoms with Crippen LogP contribution < -0.4 is 5.32 Å². The van der Waals surface area contributed by atoms with Crippen LogP contribution in [0.2, 0.25) is 0 Å². The maximum Gasteiger partial charge on any atom is 0.243 e. The summed E-state index contributed by atoms with van der Waals surface area (Å²) < 4.78 is 4.99. The zero-order valence-corrected chi connectivity index (χ0v) is 13.7. The summed E-state index contributed by atoms with van der Waals surface area (Å²) in [5, 5.41) is 6.78. The third kappa shape index (κ3) is 3.82. The molecule has 24 heavy (non-hydrogen) atoms. The fraction of sp³-hybridized carbons (Fsp3) is 0.389. The van der Waals surface area contributed by atoms with Crippen molar-refractivity contribution in [3.05, 3.63) is 53.4 Å². The molecule has 1 N–H and O–H groups in total. The maximum atomic E-state index is 12.5. The Kier molecular flexibility index (Phi) is 4.93. The number of amides is 2. The van der Waals surface area contributed by atoms with Gasteiger partial charge in [0.2, 0.25) is 11.8 Å². The standard InChI is InChI=1S/C18H21N3O3/c1-13-10-15(20-24-13)11-17(22)21-9-5-8-16(21)18(23)19-12-14-6-3-2-4-7-14/h2-4,6-7,10,16H,5,8-9,11-12H2,1H3,(H,19,23). The number of aryl methyl sites for hydroxylation is 1. The number of nitrogens with one attached hydrogen (secondary N) is 1. The van der Waals surface area contributed by atoms with E-state index in [0.717, 1.165) is 12.0 Å². The summed E-state index contributed by atoms with van der Waals surface area (Å²) in [5.74, 6) is 0.498. The molecule has 0 saturated carbocycles. The number of hydrogen-bond donors (Lipinski definition) is 1. The number of carbonyl (C=O) groups excluding carboxylic acids is 2. The number of carbonyl (C=O) groups is 2. The van der Waals surface area contributed by atoms with Crippen LogP contribution in [0.4, 0.5) is 0 Å². The zero-order valence-electron chi connectivity index (χ0n) is 13.7. The van der Waals surface area contributed by atoms with E-state index in [1.807, 2.05) is 30.3 Å². The van der Waals surface area contributed by atoms with E-state index in [0.29, 0.717) is 31.0 Å². The minimum absolute atomic E-state index is 0.0827. The average molecular weight is 327 g/mol. The number of rotatable bonds is 5. The summed E-state index contributed by atoms with van der Waals surface area (Å²) in [4.78, 5) is 26.6. The molecule has 2 aromatic rings. The summed E-state index contributed by atoms with van der Waals surface area (Å²) in [6.45, 7) is 2.87. The van der Waals surface area contributed by atoms with Gasteiger partial charge in [0.1, 0.15) is 11.8 Å². The van der Waals surface area contributed by atoms with Crippen LogP contribution in [0.1, 0.15) is 29.9 Å². The number of likely N-dealkylation sites (tertiary alicyclic amines) is 1. The highest BCUT2D eigenvalue weighted by atomic mass is 16.5. The van der Waals surface area contributed by atoms with Crippen LogP contribution in [0.25, 0.3) is 0 Å². The molecule has 126 valence electrons. The summed E-state index contributed by atoms with van der Waals surface area (Å²) in [7, 11) is 0. The molecule has 0 radical (unpaired) electrons. The first-order chi connectivity index (χ1) is 11.6. The van der Waals surface area contributed by atoms with Crippen molar-refractivity contribution in [3.8, 4) is 0 Å². The molecule has 6 nitrogen and oxygen atoms in total. The van der Waals surface area contributed by atoms with Gasteiger partial charge in [0.15, 0.2) is 0 Å². The average Bonchev–Trinajstić information content (AvgIpc) is 3.22. The molecule has 1 atom stereocenters. The molecule has 1 aliphatic heterocycles. The van der Waals surface area contributed by atoms with Gasteiger partial charge in [-0.25, -0.2) is 0 Å². The highest BCUT2D eigenvalue weighted by Crippen LogP contribution is 2.19. The SMILES string of the molecule is Cc1cc(CC(=O)N2CCCC2C(=O)NCc2ccccc2)no1. The van der Waals surface area contributed by atoms with E-state index in [4.69, 9.17) is 4.52 Å². The number of nitrogens with zero attached hydrogens (tertiary/aromatic N) is 2. The molecule has 1 aliphatic rings. The number of hydrogen-bond acceptors (Lipinski definition) is 4. The number of aromatic nitrogens is 1. The van der Waals surface area contributed by atoms with Crippen molar-refractivity contribution in [2.24, 2.45) is 0 Å². The smallest absolute Gasteiger partial charge is 0.243 e. The minimum atomic E-state index is -0.394. The van der Waals surface area contributed by atoms with Crippen LogP contribution in [0.15, 0.2) is 40.9 Å². The maximum absolute atomic E-state index is 12.5. The van der Waals surface area contributed by atoms with E-state index in [9.17, 15) is 9.59 Å². The van der Waals surface area contributed by atoms with Crippen molar-refractivity contribution in [1.29, 1.82) is 0 Å². The highest BCUT2D eigenvalue weighted by Gasteiger charge is 2.34. The first-order valence-electron chi connectivity index (χ1n) is 8.17. The van der Waals surface area contributed by atoms with Crippen molar-refractivity contribution in [3.63, 3.8) is 0 Å². The van der Waals surface area contributed by atoms with Gasteiger partial charge in [-0.3, -0.25) is 9.59 Å². The zero-order chi connectivity index (χ0) is 16.9. The van der Waals surface area contributed by atoms with Gasteiger partial charge >= 0.3 is 0 Å². The van der Waals surface area contributed by atoms with E-state index in [1.54, 1.807) is 17.9 Å². The Labute approximate surface area is 140 Å². The third-order valence-electron chi connectivity index (χ3n) is 4.19. The summed E-state index contributed by atoms with van der Waals surface area (Å²) in [6.07, 6.45) is 1.71. The second kappa shape index (κ2) is 7.29. The van der Waals surface area contributed by atoms with Crippen molar-refractivity contribution in [2.75, 3.05) is 6.54 Å². The monoisotopic (exact) mass is 327 g/mol. The van der Waals surface area contributed by atoms with Crippen molar-refractivity contribution >= 4 is 11.8 Å². The lowest BCUT2D eigenvalue weighted by Crippen LogP contribution is -2.46. The Morgan fingerprint density at radius 3 is 2.83 bits per heavy atom. The lowest BCUT2D eigenvalue weighted by molar-refractivity contribution is -0.138. The molecule has 1 fully saturated rings. The van der Waals surface area contributed by atoms with Crippen molar-refractivity contribution in [2.45, 2.75) is 38.8 Å². The van der Waals surface area contributed by atoms with Gasteiger partial charge in [-0.2, -0.15) is 0 Å². The Morgan fingerprint density at radius 1 is 1.33 bits per heavy atom. The molecule has 0 aliphatic carbocycles. The molecule has 1 unspecified atom stereocenters. The topological polar surface area (TPSA) is 75.4 Å².